The zero-order valence-corrected chi connectivity index (χ0v) is 14.7. The number of hydrazone groups is 1. The van der Waals surface area contributed by atoms with E-state index in [9.17, 15) is 8.78 Å². The molecule has 0 bridgehead atoms. The third-order valence-corrected chi connectivity index (χ3v) is 3.93. The van der Waals surface area contributed by atoms with Gasteiger partial charge >= 0.3 is 6.61 Å². The zero-order chi connectivity index (χ0) is 17.9. The maximum absolute atomic E-state index is 12.3. The standard InChI is InChI=1S/C16H22F2N4O2S/c17-15(18)24-14-5-2-1-4-13(14)12-20-21-16(25)19-6-3-7-22-8-10-23-11-9-22/h1-2,4-5,12,15H,3,6-11H2,(H2,19,21,25)/p+1/b20-12-. The van der Waals surface area contributed by atoms with Gasteiger partial charge in [0.15, 0.2) is 5.11 Å². The maximum atomic E-state index is 12.3. The highest BCUT2D eigenvalue weighted by Gasteiger charge is 2.12. The lowest BCUT2D eigenvalue weighted by atomic mass is 10.2. The zero-order valence-electron chi connectivity index (χ0n) is 13.8. The number of benzene rings is 1. The number of ether oxygens (including phenoxy) is 2. The van der Waals surface area contributed by atoms with E-state index in [-0.39, 0.29) is 5.75 Å². The lowest BCUT2D eigenvalue weighted by Crippen LogP contribution is -3.14. The Hall–Kier alpha value is -1.84. The van der Waals surface area contributed by atoms with Crippen molar-refractivity contribution in [1.82, 2.24) is 10.7 Å². The molecular formula is C16H23F2N4O2S+. The van der Waals surface area contributed by atoms with Crippen molar-refractivity contribution in [3.63, 3.8) is 0 Å². The first-order valence-corrected chi connectivity index (χ1v) is 8.58. The molecule has 0 spiro atoms. The highest BCUT2D eigenvalue weighted by atomic mass is 32.1. The number of para-hydroxylation sites is 1. The summed E-state index contributed by atoms with van der Waals surface area (Å²) in [5.74, 6) is 0.0652. The van der Waals surface area contributed by atoms with Gasteiger partial charge in [-0.05, 0) is 24.4 Å². The fraction of sp³-hybridized carbons (Fsp3) is 0.500. The van der Waals surface area contributed by atoms with Crippen LogP contribution in [-0.2, 0) is 4.74 Å². The number of rotatable bonds is 8. The molecule has 1 aromatic carbocycles. The third kappa shape index (κ3) is 7.72. The Kier molecular flexibility index (Phi) is 8.50. The summed E-state index contributed by atoms with van der Waals surface area (Å²) in [4.78, 5) is 1.54. The Balaban J connectivity index is 1.66. The summed E-state index contributed by atoms with van der Waals surface area (Å²) < 4.78 is 34.4. The van der Waals surface area contributed by atoms with Crippen LogP contribution >= 0.6 is 12.2 Å². The highest BCUT2D eigenvalue weighted by Crippen LogP contribution is 2.18. The van der Waals surface area contributed by atoms with Gasteiger partial charge in [-0.25, -0.2) is 0 Å². The largest absolute Gasteiger partial charge is 0.434 e. The van der Waals surface area contributed by atoms with E-state index >= 15 is 0 Å². The number of hydrogen-bond donors (Lipinski definition) is 3. The van der Waals surface area contributed by atoms with E-state index in [0.29, 0.717) is 10.7 Å². The number of morpholine rings is 1. The first kappa shape index (κ1) is 19.5. The van der Waals surface area contributed by atoms with E-state index in [0.717, 1.165) is 45.8 Å². The van der Waals surface area contributed by atoms with E-state index < -0.39 is 6.61 Å². The molecule has 6 nitrogen and oxygen atoms in total. The van der Waals surface area contributed by atoms with E-state index in [4.69, 9.17) is 17.0 Å². The van der Waals surface area contributed by atoms with Crippen LogP contribution in [0.25, 0.3) is 0 Å². The second kappa shape index (κ2) is 10.9. The number of thiocarbonyl (C=S) groups is 1. The molecule has 1 saturated heterocycles. The summed E-state index contributed by atoms with van der Waals surface area (Å²) in [6, 6.07) is 6.41. The second-order valence-electron chi connectivity index (χ2n) is 5.51. The smallest absolute Gasteiger partial charge is 0.387 e. The molecule has 1 heterocycles. The maximum Gasteiger partial charge on any atom is 0.387 e. The minimum Gasteiger partial charge on any atom is -0.434 e. The Morgan fingerprint density at radius 2 is 2.12 bits per heavy atom. The van der Waals surface area contributed by atoms with Gasteiger partial charge in [-0.1, -0.05) is 12.1 Å². The Morgan fingerprint density at radius 3 is 2.88 bits per heavy atom. The van der Waals surface area contributed by atoms with Crippen molar-refractivity contribution in [1.29, 1.82) is 0 Å². The van der Waals surface area contributed by atoms with Crippen LogP contribution in [0.1, 0.15) is 12.0 Å². The summed E-state index contributed by atoms with van der Waals surface area (Å²) in [5, 5.41) is 7.41. The van der Waals surface area contributed by atoms with Gasteiger partial charge in [0, 0.05) is 18.5 Å². The van der Waals surface area contributed by atoms with Gasteiger partial charge in [0.1, 0.15) is 18.8 Å². The number of nitrogens with one attached hydrogen (secondary N) is 3. The number of halogens is 2. The molecule has 3 N–H and O–H groups in total. The van der Waals surface area contributed by atoms with Gasteiger partial charge in [0.25, 0.3) is 0 Å². The van der Waals surface area contributed by atoms with Crippen molar-refractivity contribution in [2.45, 2.75) is 13.0 Å². The summed E-state index contributed by atoms with van der Waals surface area (Å²) in [6.07, 6.45) is 2.38. The van der Waals surface area contributed by atoms with Crippen LogP contribution in [0.2, 0.25) is 0 Å². The van der Waals surface area contributed by atoms with Crippen LogP contribution in [-0.4, -0.2) is 57.3 Å². The summed E-state index contributed by atoms with van der Waals surface area (Å²) >= 11 is 5.13. The molecule has 0 aliphatic carbocycles. The molecule has 25 heavy (non-hydrogen) atoms. The van der Waals surface area contributed by atoms with Crippen molar-refractivity contribution >= 4 is 23.5 Å². The van der Waals surface area contributed by atoms with Crippen LogP contribution in [0, 0.1) is 0 Å². The second-order valence-corrected chi connectivity index (χ2v) is 5.92. The van der Waals surface area contributed by atoms with Crippen molar-refractivity contribution in [2.75, 3.05) is 39.4 Å². The number of hydrogen-bond acceptors (Lipinski definition) is 4. The lowest BCUT2D eigenvalue weighted by molar-refractivity contribution is -0.908. The lowest BCUT2D eigenvalue weighted by Gasteiger charge is -2.23. The van der Waals surface area contributed by atoms with Crippen LogP contribution in [0.5, 0.6) is 5.75 Å². The van der Waals surface area contributed by atoms with Crippen LogP contribution < -0.4 is 20.4 Å². The molecule has 1 aliphatic heterocycles. The van der Waals surface area contributed by atoms with E-state index in [1.165, 1.54) is 12.3 Å². The minimum atomic E-state index is -2.88. The van der Waals surface area contributed by atoms with Gasteiger partial charge in [-0.3, -0.25) is 5.43 Å². The predicted molar refractivity (Wildman–Crippen MR) is 95.4 cm³/mol. The number of quaternary nitrogens is 1. The van der Waals surface area contributed by atoms with Crippen LogP contribution in [0.4, 0.5) is 8.78 Å². The average molecular weight is 373 g/mol. The molecule has 0 saturated carbocycles. The summed E-state index contributed by atoms with van der Waals surface area (Å²) in [6.45, 7) is 2.69. The van der Waals surface area contributed by atoms with Gasteiger partial charge in [-0.2, -0.15) is 13.9 Å². The third-order valence-electron chi connectivity index (χ3n) is 3.70. The molecule has 2 rings (SSSR count). The molecule has 0 amide bonds. The fourth-order valence-corrected chi connectivity index (χ4v) is 2.60. The molecular weight excluding hydrogens is 350 g/mol. The normalized spacial score (nSPS) is 15.5. The molecule has 0 unspecified atom stereocenters. The van der Waals surface area contributed by atoms with Crippen molar-refractivity contribution in [3.8, 4) is 5.75 Å². The van der Waals surface area contributed by atoms with E-state index in [2.05, 4.69) is 20.6 Å². The van der Waals surface area contributed by atoms with Crippen LogP contribution in [0.3, 0.4) is 0 Å². The van der Waals surface area contributed by atoms with Crippen LogP contribution in [0.15, 0.2) is 29.4 Å². The highest BCUT2D eigenvalue weighted by molar-refractivity contribution is 7.80. The van der Waals surface area contributed by atoms with Crippen molar-refractivity contribution in [2.24, 2.45) is 5.10 Å². The topological polar surface area (TPSA) is 59.3 Å². The Labute approximate surface area is 151 Å². The molecule has 138 valence electrons. The monoisotopic (exact) mass is 373 g/mol. The quantitative estimate of drug-likeness (QED) is 0.266. The molecule has 1 aromatic rings. The van der Waals surface area contributed by atoms with E-state index in [1.807, 2.05) is 0 Å². The first-order valence-electron chi connectivity index (χ1n) is 8.17. The van der Waals surface area contributed by atoms with Gasteiger partial charge < -0.3 is 19.7 Å². The van der Waals surface area contributed by atoms with E-state index in [1.54, 1.807) is 23.1 Å². The first-order chi connectivity index (χ1) is 12.1. The SMILES string of the molecule is FC(F)Oc1ccccc1/C=N\NC(=S)NCCC[NH+]1CCOCC1. The molecule has 1 aliphatic rings. The Morgan fingerprint density at radius 1 is 1.36 bits per heavy atom. The molecule has 0 atom stereocenters. The molecule has 9 heteroatoms. The predicted octanol–water partition coefficient (Wildman–Crippen LogP) is 0.391. The Bertz CT molecular complexity index is 569. The van der Waals surface area contributed by atoms with Gasteiger partial charge in [0.05, 0.1) is 26.0 Å². The molecule has 0 aromatic heterocycles. The number of nitrogens with zero attached hydrogens (tertiary/aromatic N) is 1. The summed E-state index contributed by atoms with van der Waals surface area (Å²) in [7, 11) is 0. The van der Waals surface area contributed by atoms with Crippen molar-refractivity contribution < 1.29 is 23.2 Å². The molecule has 0 radical (unpaired) electrons. The van der Waals surface area contributed by atoms with Gasteiger partial charge in [0.2, 0.25) is 0 Å². The van der Waals surface area contributed by atoms with Gasteiger partial charge in [-0.15, -0.1) is 0 Å². The minimum absolute atomic E-state index is 0.0652. The number of alkyl halides is 2. The summed E-state index contributed by atoms with van der Waals surface area (Å²) in [5.41, 5.74) is 3.11. The fourth-order valence-electron chi connectivity index (χ4n) is 2.44. The van der Waals surface area contributed by atoms with Crippen molar-refractivity contribution in [3.05, 3.63) is 29.8 Å². The molecule has 1 fully saturated rings. The average Bonchev–Trinajstić information content (AvgIpc) is 2.61.